The monoisotopic (exact) mass is 372 g/mol. The van der Waals surface area contributed by atoms with E-state index in [1.54, 1.807) is 18.2 Å². The van der Waals surface area contributed by atoms with Gasteiger partial charge < -0.3 is 10.1 Å². The van der Waals surface area contributed by atoms with Crippen LogP contribution in [-0.2, 0) is 9.53 Å². The number of rotatable bonds is 2. The molecule has 2 N–H and O–H groups in total. The summed E-state index contributed by atoms with van der Waals surface area (Å²) < 4.78 is 5.55. The SMILES string of the molecule is COC(=O)Nc1ccc2c(c1)/C(=C/c1ccc(Br)cc1)C(=O)N2. The second-order valence-corrected chi connectivity index (χ2v) is 5.86. The van der Waals surface area contributed by atoms with E-state index in [2.05, 4.69) is 31.3 Å². The number of hydrogen-bond acceptors (Lipinski definition) is 3. The van der Waals surface area contributed by atoms with E-state index in [-0.39, 0.29) is 5.91 Å². The van der Waals surface area contributed by atoms with Gasteiger partial charge in [-0.1, -0.05) is 28.1 Å². The van der Waals surface area contributed by atoms with Gasteiger partial charge in [-0.05, 0) is 42.0 Å². The third kappa shape index (κ3) is 3.27. The van der Waals surface area contributed by atoms with Crippen LogP contribution in [0.3, 0.4) is 0 Å². The number of benzene rings is 2. The second kappa shape index (κ2) is 6.26. The van der Waals surface area contributed by atoms with E-state index in [0.29, 0.717) is 16.9 Å². The minimum absolute atomic E-state index is 0.168. The zero-order valence-electron chi connectivity index (χ0n) is 12.2. The molecule has 0 fully saturated rings. The summed E-state index contributed by atoms with van der Waals surface area (Å²) in [5, 5.41) is 5.41. The van der Waals surface area contributed by atoms with Gasteiger partial charge in [0.15, 0.2) is 0 Å². The van der Waals surface area contributed by atoms with Gasteiger partial charge in [0, 0.05) is 27.0 Å². The highest BCUT2D eigenvalue weighted by Crippen LogP contribution is 2.35. The number of amides is 2. The maximum Gasteiger partial charge on any atom is 0.411 e. The molecule has 0 spiro atoms. The van der Waals surface area contributed by atoms with Crippen molar-refractivity contribution in [2.24, 2.45) is 0 Å². The quantitative estimate of drug-likeness (QED) is 0.779. The Bertz CT molecular complexity index is 813. The Balaban J connectivity index is 1.98. The van der Waals surface area contributed by atoms with Crippen molar-refractivity contribution >= 4 is 51.0 Å². The summed E-state index contributed by atoms with van der Waals surface area (Å²) >= 11 is 3.38. The van der Waals surface area contributed by atoms with Crippen molar-refractivity contribution < 1.29 is 14.3 Å². The van der Waals surface area contributed by atoms with E-state index in [1.165, 1.54) is 7.11 Å². The Labute approximate surface area is 141 Å². The van der Waals surface area contributed by atoms with Crippen molar-refractivity contribution in [2.45, 2.75) is 0 Å². The molecule has 0 aliphatic carbocycles. The van der Waals surface area contributed by atoms with Gasteiger partial charge in [-0.15, -0.1) is 0 Å². The lowest BCUT2D eigenvalue weighted by atomic mass is 10.0. The highest BCUT2D eigenvalue weighted by Gasteiger charge is 2.24. The zero-order chi connectivity index (χ0) is 16.4. The van der Waals surface area contributed by atoms with Gasteiger partial charge >= 0.3 is 6.09 Å². The standard InChI is InChI=1S/C17H13BrN2O3/c1-23-17(22)19-12-6-7-15-13(9-12)14(16(21)20-15)8-10-2-4-11(18)5-3-10/h2-9H,1H3,(H,19,22)(H,20,21)/b14-8-. The molecule has 0 saturated heterocycles. The van der Waals surface area contributed by atoms with Crippen LogP contribution in [0.15, 0.2) is 46.9 Å². The molecule has 116 valence electrons. The van der Waals surface area contributed by atoms with Crippen LogP contribution in [0.2, 0.25) is 0 Å². The van der Waals surface area contributed by atoms with E-state index in [1.807, 2.05) is 30.3 Å². The first-order valence-electron chi connectivity index (χ1n) is 6.85. The number of anilines is 2. The molecule has 3 rings (SSSR count). The van der Waals surface area contributed by atoms with E-state index in [0.717, 1.165) is 15.6 Å². The summed E-state index contributed by atoms with van der Waals surface area (Å²) in [4.78, 5) is 23.5. The van der Waals surface area contributed by atoms with Crippen LogP contribution in [0.1, 0.15) is 11.1 Å². The minimum atomic E-state index is -0.555. The van der Waals surface area contributed by atoms with Gasteiger partial charge in [-0.25, -0.2) is 4.79 Å². The summed E-state index contributed by atoms with van der Waals surface area (Å²) in [7, 11) is 1.30. The van der Waals surface area contributed by atoms with E-state index in [4.69, 9.17) is 0 Å². The number of hydrogen-bond donors (Lipinski definition) is 2. The number of carbonyl (C=O) groups is 2. The number of halogens is 1. The second-order valence-electron chi connectivity index (χ2n) is 4.94. The molecule has 2 amide bonds. The van der Waals surface area contributed by atoms with E-state index < -0.39 is 6.09 Å². The lowest BCUT2D eigenvalue weighted by Crippen LogP contribution is -2.10. The molecule has 0 radical (unpaired) electrons. The fourth-order valence-electron chi connectivity index (χ4n) is 2.30. The van der Waals surface area contributed by atoms with Crippen LogP contribution in [0.4, 0.5) is 16.2 Å². The van der Waals surface area contributed by atoms with Gasteiger partial charge in [0.1, 0.15) is 0 Å². The van der Waals surface area contributed by atoms with E-state index in [9.17, 15) is 9.59 Å². The van der Waals surface area contributed by atoms with E-state index >= 15 is 0 Å². The van der Waals surface area contributed by atoms with Crippen molar-refractivity contribution in [1.82, 2.24) is 0 Å². The van der Waals surface area contributed by atoms with Crippen LogP contribution in [-0.4, -0.2) is 19.1 Å². The number of carbonyl (C=O) groups excluding carboxylic acids is 2. The highest BCUT2D eigenvalue weighted by atomic mass is 79.9. The maximum absolute atomic E-state index is 12.2. The first-order chi connectivity index (χ1) is 11.1. The normalized spacial score (nSPS) is 14.3. The fraction of sp³-hybridized carbons (Fsp3) is 0.0588. The molecule has 0 aromatic heterocycles. The van der Waals surface area contributed by atoms with Gasteiger partial charge in [-0.3, -0.25) is 10.1 Å². The molecule has 23 heavy (non-hydrogen) atoms. The third-order valence-electron chi connectivity index (χ3n) is 3.42. The first kappa shape index (κ1) is 15.3. The molecule has 5 nitrogen and oxygen atoms in total. The molecule has 2 aromatic rings. The average molecular weight is 373 g/mol. The van der Waals surface area contributed by atoms with Crippen molar-refractivity contribution in [1.29, 1.82) is 0 Å². The molecular formula is C17H13BrN2O3. The fourth-order valence-corrected chi connectivity index (χ4v) is 2.57. The Morgan fingerprint density at radius 2 is 1.96 bits per heavy atom. The summed E-state index contributed by atoms with van der Waals surface area (Å²) in [6.45, 7) is 0. The number of fused-ring (bicyclic) bond motifs is 1. The number of ether oxygens (including phenoxy) is 1. The molecule has 0 bridgehead atoms. The third-order valence-corrected chi connectivity index (χ3v) is 3.94. The van der Waals surface area contributed by atoms with Crippen LogP contribution < -0.4 is 10.6 Å². The molecule has 6 heteroatoms. The predicted octanol–water partition coefficient (Wildman–Crippen LogP) is 4.12. The summed E-state index contributed by atoms with van der Waals surface area (Å²) in [6, 6.07) is 12.9. The van der Waals surface area contributed by atoms with Gasteiger partial charge in [-0.2, -0.15) is 0 Å². The van der Waals surface area contributed by atoms with Crippen molar-refractivity contribution in [3.05, 3.63) is 58.1 Å². The topological polar surface area (TPSA) is 67.4 Å². The number of methoxy groups -OCH3 is 1. The average Bonchev–Trinajstić information content (AvgIpc) is 2.85. The molecule has 0 saturated carbocycles. The number of nitrogens with one attached hydrogen (secondary N) is 2. The van der Waals surface area contributed by atoms with Crippen LogP contribution in [0.25, 0.3) is 11.6 Å². The Morgan fingerprint density at radius 1 is 1.22 bits per heavy atom. The largest absolute Gasteiger partial charge is 0.453 e. The lowest BCUT2D eigenvalue weighted by Gasteiger charge is -2.06. The molecule has 1 aliphatic rings. The van der Waals surface area contributed by atoms with Crippen molar-refractivity contribution in [3.63, 3.8) is 0 Å². The summed E-state index contributed by atoms with van der Waals surface area (Å²) in [6.07, 6.45) is 1.26. The Kier molecular flexibility index (Phi) is 4.16. The lowest BCUT2D eigenvalue weighted by molar-refractivity contribution is -0.110. The van der Waals surface area contributed by atoms with Crippen LogP contribution in [0.5, 0.6) is 0 Å². The van der Waals surface area contributed by atoms with Gasteiger partial charge in [0.05, 0.1) is 7.11 Å². The minimum Gasteiger partial charge on any atom is -0.453 e. The van der Waals surface area contributed by atoms with Crippen LogP contribution in [0, 0.1) is 0 Å². The molecule has 1 aliphatic heterocycles. The maximum atomic E-state index is 12.2. The Morgan fingerprint density at radius 3 is 2.65 bits per heavy atom. The van der Waals surface area contributed by atoms with Crippen molar-refractivity contribution in [3.8, 4) is 0 Å². The highest BCUT2D eigenvalue weighted by molar-refractivity contribution is 9.10. The summed E-state index contributed by atoms with van der Waals surface area (Å²) in [5.74, 6) is -0.168. The molecular weight excluding hydrogens is 360 g/mol. The predicted molar refractivity (Wildman–Crippen MR) is 93.1 cm³/mol. The summed E-state index contributed by atoms with van der Waals surface area (Å²) in [5.41, 5.74) is 3.49. The van der Waals surface area contributed by atoms with Gasteiger partial charge in [0.2, 0.25) is 0 Å². The Hall–Kier alpha value is -2.60. The zero-order valence-corrected chi connectivity index (χ0v) is 13.8. The molecule has 1 heterocycles. The first-order valence-corrected chi connectivity index (χ1v) is 7.64. The molecule has 0 unspecified atom stereocenters. The molecule has 0 atom stereocenters. The van der Waals surface area contributed by atoms with Gasteiger partial charge in [0.25, 0.3) is 5.91 Å². The van der Waals surface area contributed by atoms with Crippen molar-refractivity contribution in [2.75, 3.05) is 17.7 Å². The smallest absolute Gasteiger partial charge is 0.411 e. The molecule has 2 aromatic carbocycles. The van der Waals surface area contributed by atoms with Crippen LogP contribution >= 0.6 is 15.9 Å².